The predicted octanol–water partition coefficient (Wildman–Crippen LogP) is 3.69. The lowest BCUT2D eigenvalue weighted by molar-refractivity contribution is -0.110. The minimum absolute atomic E-state index is 0.0587. The Balaban J connectivity index is 1.93. The van der Waals surface area contributed by atoms with Gasteiger partial charge in [-0.1, -0.05) is 34.1 Å². The van der Waals surface area contributed by atoms with Crippen LogP contribution in [0.3, 0.4) is 0 Å². The first-order valence-electron chi connectivity index (χ1n) is 6.26. The molecule has 3 rings (SSSR count). The summed E-state index contributed by atoms with van der Waals surface area (Å²) in [5, 5.41) is 20.5. The Labute approximate surface area is 143 Å². The van der Waals surface area contributed by atoms with E-state index < -0.39 is 0 Å². The van der Waals surface area contributed by atoms with E-state index in [1.165, 1.54) is 6.21 Å². The van der Waals surface area contributed by atoms with Gasteiger partial charge in [-0.15, -0.1) is 5.10 Å². The Kier molecular flexibility index (Phi) is 4.08. The van der Waals surface area contributed by atoms with Crippen molar-refractivity contribution >= 4 is 55.4 Å². The minimum atomic E-state index is -0.294. The lowest BCUT2D eigenvalue weighted by Gasteiger charge is -2.01. The van der Waals surface area contributed by atoms with E-state index in [4.69, 9.17) is 0 Å². The molecular formula is C15H9Br2N3O2. The lowest BCUT2D eigenvalue weighted by Crippen LogP contribution is -2.13. The molecule has 0 aromatic heterocycles. The number of rotatable bonds is 2. The number of phenolic OH excluding ortho intramolecular Hbond substituents is 1. The zero-order valence-corrected chi connectivity index (χ0v) is 14.2. The van der Waals surface area contributed by atoms with Crippen LogP contribution in [0, 0.1) is 0 Å². The number of carbonyl (C=O) groups excluding carboxylic acids is 1. The number of hydrogen-bond donors (Lipinski definition) is 2. The Bertz CT molecular complexity index is 832. The molecule has 22 heavy (non-hydrogen) atoms. The standard InChI is InChI=1S/C15H9Br2N3O2/c16-9-5-8(14(21)11(17)6-9)7-18-20-13-10-3-1-2-4-12(10)19-15(13)22/h1-7,21H,(H,19,20,22)/b18-7-. The van der Waals surface area contributed by atoms with E-state index in [1.54, 1.807) is 24.3 Å². The number of para-hydroxylation sites is 1. The highest BCUT2D eigenvalue weighted by molar-refractivity contribution is 9.11. The second-order valence-electron chi connectivity index (χ2n) is 4.52. The van der Waals surface area contributed by atoms with Gasteiger partial charge in [-0.25, -0.2) is 0 Å². The van der Waals surface area contributed by atoms with E-state index in [-0.39, 0.29) is 17.4 Å². The third-order valence-electron chi connectivity index (χ3n) is 3.06. The summed E-state index contributed by atoms with van der Waals surface area (Å²) in [7, 11) is 0. The first-order valence-corrected chi connectivity index (χ1v) is 7.84. The van der Waals surface area contributed by atoms with Crippen LogP contribution in [-0.4, -0.2) is 22.9 Å². The number of aromatic hydroxyl groups is 1. The fraction of sp³-hybridized carbons (Fsp3) is 0. The van der Waals surface area contributed by atoms with Crippen molar-refractivity contribution < 1.29 is 9.90 Å². The number of anilines is 1. The molecule has 0 bridgehead atoms. The van der Waals surface area contributed by atoms with E-state index in [2.05, 4.69) is 47.4 Å². The SMILES string of the molecule is O=C1Nc2ccccc2/C1=N/N=C\c1cc(Br)cc(Br)c1O. The molecule has 2 aromatic carbocycles. The number of halogens is 2. The van der Waals surface area contributed by atoms with E-state index in [0.717, 1.165) is 10.2 Å². The van der Waals surface area contributed by atoms with Gasteiger partial charge in [0.05, 0.1) is 16.4 Å². The van der Waals surface area contributed by atoms with Crippen LogP contribution in [0.2, 0.25) is 0 Å². The van der Waals surface area contributed by atoms with E-state index >= 15 is 0 Å². The smallest absolute Gasteiger partial charge is 0.276 e. The van der Waals surface area contributed by atoms with Crippen molar-refractivity contribution in [3.05, 3.63) is 56.5 Å². The molecule has 1 heterocycles. The number of hydrogen-bond acceptors (Lipinski definition) is 4. The fourth-order valence-corrected chi connectivity index (χ4v) is 3.29. The van der Waals surface area contributed by atoms with Crippen molar-refractivity contribution in [2.45, 2.75) is 0 Å². The van der Waals surface area contributed by atoms with Gasteiger partial charge in [0.15, 0.2) is 5.71 Å². The fourth-order valence-electron chi connectivity index (χ4n) is 2.03. The Morgan fingerprint density at radius 3 is 2.77 bits per heavy atom. The number of nitrogens with one attached hydrogen (secondary N) is 1. The second-order valence-corrected chi connectivity index (χ2v) is 6.29. The average Bonchev–Trinajstić information content (AvgIpc) is 2.80. The molecule has 2 aromatic rings. The van der Waals surface area contributed by atoms with Gasteiger partial charge < -0.3 is 10.4 Å². The monoisotopic (exact) mass is 421 g/mol. The number of benzene rings is 2. The van der Waals surface area contributed by atoms with Crippen LogP contribution >= 0.6 is 31.9 Å². The molecule has 0 saturated carbocycles. The molecule has 1 aliphatic rings. The van der Waals surface area contributed by atoms with E-state index in [9.17, 15) is 9.90 Å². The molecular weight excluding hydrogens is 414 g/mol. The zero-order chi connectivity index (χ0) is 15.7. The van der Waals surface area contributed by atoms with Crippen molar-refractivity contribution in [3.8, 4) is 5.75 Å². The maximum atomic E-state index is 11.9. The summed E-state index contributed by atoms with van der Waals surface area (Å²) in [6.07, 6.45) is 1.39. The first-order chi connectivity index (χ1) is 10.6. The van der Waals surface area contributed by atoms with Crippen LogP contribution in [0.5, 0.6) is 5.75 Å². The van der Waals surface area contributed by atoms with Gasteiger partial charge in [0.25, 0.3) is 5.91 Å². The Morgan fingerprint density at radius 1 is 1.18 bits per heavy atom. The molecule has 1 aliphatic heterocycles. The molecule has 0 spiro atoms. The third kappa shape index (κ3) is 2.82. The van der Waals surface area contributed by atoms with Crippen molar-refractivity contribution in [2.75, 3.05) is 5.32 Å². The average molecular weight is 423 g/mol. The van der Waals surface area contributed by atoms with Gasteiger partial charge >= 0.3 is 0 Å². The van der Waals surface area contributed by atoms with Crippen LogP contribution in [0.4, 0.5) is 5.69 Å². The highest BCUT2D eigenvalue weighted by Gasteiger charge is 2.25. The number of nitrogens with zero attached hydrogens (tertiary/aromatic N) is 2. The maximum absolute atomic E-state index is 11.9. The quantitative estimate of drug-likeness (QED) is 0.572. The van der Waals surface area contributed by atoms with Crippen LogP contribution in [0.1, 0.15) is 11.1 Å². The number of phenols is 1. The number of carbonyl (C=O) groups is 1. The molecule has 110 valence electrons. The van der Waals surface area contributed by atoms with Crippen LogP contribution < -0.4 is 5.32 Å². The van der Waals surface area contributed by atoms with E-state index in [0.29, 0.717) is 15.6 Å². The van der Waals surface area contributed by atoms with E-state index in [1.807, 2.05) is 12.1 Å². The Hall–Kier alpha value is -1.99. The normalized spacial score (nSPS) is 15.4. The molecule has 2 N–H and O–H groups in total. The molecule has 0 atom stereocenters. The summed E-state index contributed by atoms with van der Waals surface area (Å²) in [6, 6.07) is 10.7. The van der Waals surface area contributed by atoms with Gasteiger partial charge in [-0.2, -0.15) is 5.10 Å². The summed E-state index contributed by atoms with van der Waals surface area (Å²) in [5.41, 5.74) is 2.16. The molecule has 7 heteroatoms. The molecule has 0 aliphatic carbocycles. The molecule has 1 amide bonds. The minimum Gasteiger partial charge on any atom is -0.506 e. The molecule has 5 nitrogen and oxygen atoms in total. The third-order valence-corrected chi connectivity index (χ3v) is 4.12. The largest absolute Gasteiger partial charge is 0.506 e. The molecule has 0 saturated heterocycles. The predicted molar refractivity (Wildman–Crippen MR) is 92.7 cm³/mol. The van der Waals surface area contributed by atoms with Crippen LogP contribution in [0.15, 0.2) is 55.5 Å². The highest BCUT2D eigenvalue weighted by Crippen LogP contribution is 2.30. The van der Waals surface area contributed by atoms with Crippen molar-refractivity contribution in [3.63, 3.8) is 0 Å². The van der Waals surface area contributed by atoms with Gasteiger partial charge in [-0.3, -0.25) is 4.79 Å². The van der Waals surface area contributed by atoms with Crippen molar-refractivity contribution in [1.29, 1.82) is 0 Å². The van der Waals surface area contributed by atoms with Crippen molar-refractivity contribution in [1.82, 2.24) is 0 Å². The molecule has 0 unspecified atom stereocenters. The lowest BCUT2D eigenvalue weighted by atomic mass is 10.1. The van der Waals surface area contributed by atoms with Gasteiger partial charge in [0.2, 0.25) is 0 Å². The van der Waals surface area contributed by atoms with Gasteiger partial charge in [0.1, 0.15) is 5.75 Å². The van der Waals surface area contributed by atoms with Crippen LogP contribution in [0.25, 0.3) is 0 Å². The Morgan fingerprint density at radius 2 is 1.95 bits per heavy atom. The molecule has 0 radical (unpaired) electrons. The summed E-state index contributed by atoms with van der Waals surface area (Å²) < 4.78 is 1.33. The van der Waals surface area contributed by atoms with Crippen molar-refractivity contribution in [2.24, 2.45) is 10.2 Å². The summed E-state index contributed by atoms with van der Waals surface area (Å²) in [4.78, 5) is 11.9. The van der Waals surface area contributed by atoms with Gasteiger partial charge in [-0.05, 0) is 34.1 Å². The van der Waals surface area contributed by atoms with Crippen LogP contribution in [-0.2, 0) is 4.79 Å². The first kappa shape index (κ1) is 14.9. The summed E-state index contributed by atoms with van der Waals surface area (Å²) in [5.74, 6) is -0.235. The summed E-state index contributed by atoms with van der Waals surface area (Å²) in [6.45, 7) is 0. The number of fused-ring (bicyclic) bond motifs is 1. The second kappa shape index (κ2) is 6.02. The highest BCUT2D eigenvalue weighted by atomic mass is 79.9. The van der Waals surface area contributed by atoms with Gasteiger partial charge in [0, 0.05) is 15.6 Å². The summed E-state index contributed by atoms with van der Waals surface area (Å²) >= 11 is 6.58. The number of amides is 1. The maximum Gasteiger partial charge on any atom is 0.276 e. The topological polar surface area (TPSA) is 74.0 Å². The molecule has 0 fully saturated rings. The zero-order valence-electron chi connectivity index (χ0n) is 11.0.